The number of benzene rings is 1. The van der Waals surface area contributed by atoms with Crippen molar-refractivity contribution in [2.45, 2.75) is 30.9 Å². The second-order valence-corrected chi connectivity index (χ2v) is 6.75. The smallest absolute Gasteiger partial charge is 0.405 e. The Morgan fingerprint density at radius 3 is 2.64 bits per heavy atom. The quantitative estimate of drug-likeness (QED) is 0.691. The number of amides is 2. The molecule has 0 radical (unpaired) electrons. The summed E-state index contributed by atoms with van der Waals surface area (Å²) in [5.41, 5.74) is 5.55. The van der Waals surface area contributed by atoms with Crippen LogP contribution in [0.2, 0.25) is 5.02 Å². The van der Waals surface area contributed by atoms with Crippen LogP contribution in [0.4, 0.5) is 4.79 Å². The first-order valence-electron chi connectivity index (χ1n) is 8.18. The molecule has 4 N–H and O–H groups in total. The highest BCUT2D eigenvalue weighted by Crippen LogP contribution is 2.29. The van der Waals surface area contributed by atoms with Gasteiger partial charge in [-0.1, -0.05) is 23.7 Å². The molecule has 1 aliphatic rings. The van der Waals surface area contributed by atoms with Gasteiger partial charge in [0.25, 0.3) is 5.91 Å². The maximum atomic E-state index is 12.7. The zero-order chi connectivity index (χ0) is 18.4. The second kappa shape index (κ2) is 8.51. The van der Waals surface area contributed by atoms with Gasteiger partial charge in [-0.2, -0.15) is 0 Å². The molecule has 7 nitrogen and oxygen atoms in total. The lowest BCUT2D eigenvalue weighted by Crippen LogP contribution is -2.61. The van der Waals surface area contributed by atoms with Crippen LogP contribution in [0.3, 0.4) is 0 Å². The van der Waals surface area contributed by atoms with E-state index < -0.39 is 30.3 Å². The normalized spacial score (nSPS) is 21.4. The van der Waals surface area contributed by atoms with Crippen molar-refractivity contribution in [3.05, 3.63) is 34.9 Å². The Bertz CT molecular complexity index is 602. The van der Waals surface area contributed by atoms with Crippen LogP contribution in [0.15, 0.2) is 24.3 Å². The van der Waals surface area contributed by atoms with E-state index >= 15 is 0 Å². The van der Waals surface area contributed by atoms with Gasteiger partial charge >= 0.3 is 6.09 Å². The molecular formula is C17H24ClN3O4. The summed E-state index contributed by atoms with van der Waals surface area (Å²) in [6, 6.07) is 7.49. The summed E-state index contributed by atoms with van der Waals surface area (Å²) >= 11 is 5.95. The van der Waals surface area contributed by atoms with Crippen LogP contribution in [0.25, 0.3) is 0 Å². The van der Waals surface area contributed by atoms with Crippen molar-refractivity contribution >= 4 is 23.6 Å². The van der Waals surface area contributed by atoms with E-state index in [-0.39, 0.29) is 0 Å². The lowest BCUT2D eigenvalue weighted by atomic mass is 9.82. The zero-order valence-electron chi connectivity index (χ0n) is 14.2. The summed E-state index contributed by atoms with van der Waals surface area (Å²) in [7, 11) is 1.66. The first-order valence-corrected chi connectivity index (χ1v) is 8.55. The molecular weight excluding hydrogens is 346 g/mol. The van der Waals surface area contributed by atoms with Gasteiger partial charge in [-0.15, -0.1) is 0 Å². The van der Waals surface area contributed by atoms with Crippen molar-refractivity contribution < 1.29 is 19.4 Å². The number of halogens is 1. The van der Waals surface area contributed by atoms with Crippen LogP contribution >= 0.6 is 11.6 Å². The van der Waals surface area contributed by atoms with Gasteiger partial charge in [0.2, 0.25) is 6.10 Å². The summed E-state index contributed by atoms with van der Waals surface area (Å²) in [6.45, 7) is 0.870. The number of aliphatic hydroxyl groups is 1. The van der Waals surface area contributed by atoms with E-state index in [2.05, 4.69) is 5.32 Å². The van der Waals surface area contributed by atoms with Crippen molar-refractivity contribution in [2.24, 2.45) is 5.73 Å². The molecule has 138 valence electrons. The predicted octanol–water partition coefficient (Wildman–Crippen LogP) is 0.919. The van der Waals surface area contributed by atoms with Crippen molar-refractivity contribution in [2.75, 3.05) is 26.7 Å². The number of aliphatic hydroxyl groups excluding tert-OH is 1. The highest BCUT2D eigenvalue weighted by Gasteiger charge is 2.41. The first-order chi connectivity index (χ1) is 11.9. The average molecular weight is 370 g/mol. The van der Waals surface area contributed by atoms with Gasteiger partial charge in [0.05, 0.1) is 12.1 Å². The van der Waals surface area contributed by atoms with E-state index in [0.717, 1.165) is 24.9 Å². The summed E-state index contributed by atoms with van der Waals surface area (Å²) < 4.78 is 4.74. The fourth-order valence-corrected chi connectivity index (χ4v) is 3.37. The number of piperidine rings is 1. The van der Waals surface area contributed by atoms with Gasteiger partial charge in [0, 0.05) is 18.6 Å². The van der Waals surface area contributed by atoms with Gasteiger partial charge < -0.3 is 25.8 Å². The van der Waals surface area contributed by atoms with Crippen LogP contribution in [0.5, 0.6) is 0 Å². The van der Waals surface area contributed by atoms with E-state index in [4.69, 9.17) is 22.1 Å². The largest absolute Gasteiger partial charge is 0.434 e. The van der Waals surface area contributed by atoms with E-state index in [1.165, 1.54) is 0 Å². The molecule has 2 rings (SSSR count). The van der Waals surface area contributed by atoms with Crippen molar-refractivity contribution in [3.8, 4) is 0 Å². The Kier molecular flexibility index (Phi) is 6.64. The number of ether oxygens (including phenoxy) is 1. The molecule has 1 aliphatic heterocycles. The lowest BCUT2D eigenvalue weighted by Gasteiger charge is -2.46. The fourth-order valence-electron chi connectivity index (χ4n) is 3.25. The maximum Gasteiger partial charge on any atom is 0.405 e. The van der Waals surface area contributed by atoms with E-state index in [1.54, 1.807) is 11.9 Å². The predicted molar refractivity (Wildman–Crippen MR) is 94.3 cm³/mol. The zero-order valence-corrected chi connectivity index (χ0v) is 15.0. The Labute approximate surface area is 152 Å². The highest BCUT2D eigenvalue weighted by atomic mass is 35.5. The van der Waals surface area contributed by atoms with Crippen LogP contribution in [0.1, 0.15) is 18.4 Å². The third-order valence-corrected chi connectivity index (χ3v) is 4.89. The monoisotopic (exact) mass is 369 g/mol. The van der Waals surface area contributed by atoms with Crippen LogP contribution in [-0.2, 0) is 16.0 Å². The summed E-state index contributed by atoms with van der Waals surface area (Å²) in [5, 5.41) is 13.4. The number of primary amides is 1. The molecule has 1 fully saturated rings. The number of carbonyl (C=O) groups is 2. The van der Waals surface area contributed by atoms with Crippen molar-refractivity contribution in [1.82, 2.24) is 10.2 Å². The SMILES string of the molecule is CN(C(=O)[C@H](CO)OC(N)=O)[C@@]1(Cc2ccc(Cl)cc2)CCCNC1. The molecule has 0 spiro atoms. The fraction of sp³-hybridized carbons (Fsp3) is 0.529. The van der Waals surface area contributed by atoms with E-state index in [1.807, 2.05) is 24.3 Å². The minimum atomic E-state index is -1.30. The Balaban J connectivity index is 2.23. The number of nitrogens with one attached hydrogen (secondary N) is 1. The van der Waals surface area contributed by atoms with Gasteiger partial charge in [-0.05, 0) is 43.5 Å². The third-order valence-electron chi connectivity index (χ3n) is 4.64. The average Bonchev–Trinajstić information content (AvgIpc) is 2.61. The van der Waals surface area contributed by atoms with Crippen LogP contribution in [0, 0.1) is 0 Å². The highest BCUT2D eigenvalue weighted by molar-refractivity contribution is 6.30. The molecule has 8 heteroatoms. The Morgan fingerprint density at radius 1 is 1.44 bits per heavy atom. The van der Waals surface area contributed by atoms with Gasteiger partial charge in [0.1, 0.15) is 0 Å². The Hall–Kier alpha value is -1.83. The second-order valence-electron chi connectivity index (χ2n) is 6.31. The molecule has 1 aromatic carbocycles. The number of hydrogen-bond acceptors (Lipinski definition) is 5. The van der Waals surface area contributed by atoms with Gasteiger partial charge in [-0.3, -0.25) is 4.79 Å². The molecule has 0 bridgehead atoms. The van der Waals surface area contributed by atoms with E-state index in [0.29, 0.717) is 18.0 Å². The first kappa shape index (κ1) is 19.5. The number of hydrogen-bond donors (Lipinski definition) is 3. The molecule has 0 aromatic heterocycles. The molecule has 2 amide bonds. The number of rotatable bonds is 6. The molecule has 1 heterocycles. The lowest BCUT2D eigenvalue weighted by molar-refractivity contribution is -0.147. The van der Waals surface area contributed by atoms with Crippen molar-refractivity contribution in [1.29, 1.82) is 0 Å². The van der Waals surface area contributed by atoms with E-state index in [9.17, 15) is 14.7 Å². The van der Waals surface area contributed by atoms with Crippen LogP contribution in [-0.4, -0.2) is 60.4 Å². The Morgan fingerprint density at radius 2 is 2.12 bits per heavy atom. The third kappa shape index (κ3) is 4.84. The molecule has 2 atom stereocenters. The maximum absolute atomic E-state index is 12.7. The standard InChI is InChI=1S/C17H24ClN3O4/c1-21(15(23)14(10-22)25-16(19)24)17(7-2-8-20-11-17)9-12-3-5-13(18)6-4-12/h3-6,14,20,22H,2,7-11H2,1H3,(H2,19,24)/t14-,17+/m0/s1. The van der Waals surface area contributed by atoms with Crippen LogP contribution < -0.4 is 11.1 Å². The number of nitrogens with two attached hydrogens (primary N) is 1. The minimum Gasteiger partial charge on any atom is -0.434 e. The topological polar surface area (TPSA) is 105 Å². The molecule has 0 unspecified atom stereocenters. The van der Waals surface area contributed by atoms with Gasteiger partial charge in [-0.25, -0.2) is 4.79 Å². The molecule has 1 saturated heterocycles. The number of nitrogens with zero attached hydrogens (tertiary/aromatic N) is 1. The molecule has 0 saturated carbocycles. The molecule has 25 heavy (non-hydrogen) atoms. The number of carbonyl (C=O) groups excluding carboxylic acids is 2. The summed E-state index contributed by atoms with van der Waals surface area (Å²) in [6.07, 6.45) is -0.0693. The molecule has 1 aromatic rings. The van der Waals surface area contributed by atoms with Crippen molar-refractivity contribution in [3.63, 3.8) is 0 Å². The number of likely N-dealkylation sites (N-methyl/N-ethyl adjacent to an activating group) is 1. The molecule has 0 aliphatic carbocycles. The summed E-state index contributed by atoms with van der Waals surface area (Å²) in [4.78, 5) is 25.3. The van der Waals surface area contributed by atoms with Gasteiger partial charge in [0.15, 0.2) is 0 Å². The minimum absolute atomic E-state index is 0.473. The summed E-state index contributed by atoms with van der Waals surface area (Å²) in [5.74, 6) is -0.473.